The number of hydrogen-bond donors (Lipinski definition) is 1. The molecule has 1 aromatic carbocycles. The Kier molecular flexibility index (Phi) is 5.31. The Morgan fingerprint density at radius 2 is 2.12 bits per heavy atom. The second-order valence-electron chi connectivity index (χ2n) is 5.38. The summed E-state index contributed by atoms with van der Waals surface area (Å²) in [5.74, 6) is -0.503. The van der Waals surface area contributed by atoms with Gasteiger partial charge in [0.25, 0.3) is 5.56 Å². The number of fused-ring (bicyclic) bond motifs is 1. The van der Waals surface area contributed by atoms with E-state index in [9.17, 15) is 26.7 Å². The van der Waals surface area contributed by atoms with E-state index < -0.39 is 32.6 Å². The Balaban J connectivity index is 2.71. The van der Waals surface area contributed by atoms with E-state index in [2.05, 4.69) is 4.98 Å². The van der Waals surface area contributed by atoms with Crippen molar-refractivity contribution in [1.82, 2.24) is 14.9 Å². The van der Waals surface area contributed by atoms with Gasteiger partial charge in [-0.15, -0.1) is 3.89 Å². The fourth-order valence-corrected chi connectivity index (χ4v) is 3.10. The molecule has 1 unspecified atom stereocenters. The van der Waals surface area contributed by atoms with E-state index in [0.717, 1.165) is 22.8 Å². The molecule has 2 amide bonds. The van der Waals surface area contributed by atoms with Crippen molar-refractivity contribution in [2.45, 2.75) is 37.6 Å². The number of carbonyl (C=O) groups excluding carboxylic acids is 2. The molecular weight excluding hydrogens is 353 g/mol. The molecule has 1 aromatic heterocycles. The minimum Gasteiger partial charge on any atom is -0.297 e. The molecule has 0 spiro atoms. The summed E-state index contributed by atoms with van der Waals surface area (Å²) in [5, 5.41) is 2.06. The number of aryl methyl sites for hydroxylation is 1. The van der Waals surface area contributed by atoms with Crippen molar-refractivity contribution in [3.63, 3.8) is 0 Å². The van der Waals surface area contributed by atoms with E-state index in [-0.39, 0.29) is 23.1 Å². The standard InChI is InChI=1S/C15H16FN3O5S/c1-3-4-13(14(21)17-8-20)19-9(2)18-12-7-10(25(16,23)24)5-6-11(12)15(19)22/h5-8,13H,3-4H2,1-2H3,(H,17,20,21). The SMILES string of the molecule is CCCC(C(=O)NC=O)n1c(C)nc2cc(S(=O)(=O)F)ccc2c1=O. The molecule has 2 aromatic rings. The maximum absolute atomic E-state index is 13.1. The molecule has 134 valence electrons. The third-order valence-electron chi connectivity index (χ3n) is 3.71. The molecule has 1 heterocycles. The first kappa shape index (κ1) is 18.7. The van der Waals surface area contributed by atoms with E-state index in [1.807, 2.05) is 12.2 Å². The number of carbonyl (C=O) groups is 2. The molecule has 0 aliphatic carbocycles. The lowest BCUT2D eigenvalue weighted by atomic mass is 10.1. The fourth-order valence-electron chi connectivity index (χ4n) is 2.61. The first-order valence-electron chi connectivity index (χ1n) is 7.42. The van der Waals surface area contributed by atoms with E-state index in [1.165, 1.54) is 6.92 Å². The van der Waals surface area contributed by atoms with Gasteiger partial charge >= 0.3 is 10.2 Å². The number of halogens is 1. The summed E-state index contributed by atoms with van der Waals surface area (Å²) in [6.45, 7) is 3.28. The van der Waals surface area contributed by atoms with Gasteiger partial charge in [0.1, 0.15) is 16.8 Å². The van der Waals surface area contributed by atoms with Crippen LogP contribution < -0.4 is 10.9 Å². The number of benzene rings is 1. The van der Waals surface area contributed by atoms with Crippen molar-refractivity contribution >= 4 is 33.4 Å². The van der Waals surface area contributed by atoms with Crippen LogP contribution in [0.4, 0.5) is 3.89 Å². The minimum absolute atomic E-state index is 0.00326. The molecule has 0 radical (unpaired) electrons. The number of imide groups is 1. The largest absolute Gasteiger partial charge is 0.332 e. The number of hydrogen-bond acceptors (Lipinski definition) is 6. The van der Waals surface area contributed by atoms with E-state index >= 15 is 0 Å². The van der Waals surface area contributed by atoms with Crippen LogP contribution in [0.5, 0.6) is 0 Å². The van der Waals surface area contributed by atoms with Crippen LogP contribution in [0.3, 0.4) is 0 Å². The molecule has 8 nitrogen and oxygen atoms in total. The van der Waals surface area contributed by atoms with Crippen LogP contribution >= 0.6 is 0 Å². The normalized spacial score (nSPS) is 12.8. The fraction of sp³-hybridized carbons (Fsp3) is 0.333. The number of amides is 2. The van der Waals surface area contributed by atoms with Crippen LogP contribution in [0.15, 0.2) is 27.9 Å². The second-order valence-corrected chi connectivity index (χ2v) is 6.73. The number of nitrogens with one attached hydrogen (secondary N) is 1. The summed E-state index contributed by atoms with van der Waals surface area (Å²) >= 11 is 0. The molecule has 0 aliphatic heterocycles. The summed E-state index contributed by atoms with van der Waals surface area (Å²) in [7, 11) is -4.93. The van der Waals surface area contributed by atoms with Gasteiger partial charge in [-0.2, -0.15) is 8.42 Å². The van der Waals surface area contributed by atoms with Crippen molar-refractivity contribution in [2.75, 3.05) is 0 Å². The second kappa shape index (κ2) is 7.09. The van der Waals surface area contributed by atoms with Gasteiger partial charge in [0.2, 0.25) is 12.3 Å². The van der Waals surface area contributed by atoms with Crippen molar-refractivity contribution in [3.8, 4) is 0 Å². The monoisotopic (exact) mass is 369 g/mol. The topological polar surface area (TPSA) is 115 Å². The van der Waals surface area contributed by atoms with Gasteiger partial charge in [0.15, 0.2) is 0 Å². The van der Waals surface area contributed by atoms with Gasteiger partial charge in [0, 0.05) is 0 Å². The summed E-state index contributed by atoms with van der Waals surface area (Å²) in [6, 6.07) is 2.13. The lowest BCUT2D eigenvalue weighted by Gasteiger charge is -2.20. The van der Waals surface area contributed by atoms with Crippen LogP contribution in [0, 0.1) is 6.92 Å². The molecule has 25 heavy (non-hydrogen) atoms. The van der Waals surface area contributed by atoms with Crippen LogP contribution in [-0.2, 0) is 19.8 Å². The van der Waals surface area contributed by atoms with Crippen LogP contribution in [0.1, 0.15) is 31.6 Å². The van der Waals surface area contributed by atoms with E-state index in [4.69, 9.17) is 0 Å². The summed E-state index contributed by atoms with van der Waals surface area (Å²) in [6.07, 6.45) is 1.10. The number of nitrogens with zero attached hydrogens (tertiary/aromatic N) is 2. The van der Waals surface area contributed by atoms with Gasteiger partial charge in [-0.05, 0) is 31.5 Å². The summed E-state index contributed by atoms with van der Waals surface area (Å²) in [5.41, 5.74) is -0.576. The summed E-state index contributed by atoms with van der Waals surface area (Å²) in [4.78, 5) is 38.9. The highest BCUT2D eigenvalue weighted by Gasteiger charge is 2.24. The van der Waals surface area contributed by atoms with Crippen molar-refractivity contribution in [3.05, 3.63) is 34.4 Å². The third-order valence-corrected chi connectivity index (χ3v) is 4.53. The van der Waals surface area contributed by atoms with Crippen molar-refractivity contribution in [2.24, 2.45) is 0 Å². The zero-order valence-electron chi connectivity index (χ0n) is 13.5. The zero-order chi connectivity index (χ0) is 18.8. The van der Waals surface area contributed by atoms with Crippen LogP contribution in [0.25, 0.3) is 10.9 Å². The predicted molar refractivity (Wildman–Crippen MR) is 87.2 cm³/mol. The Labute approximate surface area is 142 Å². The molecule has 0 saturated carbocycles. The first-order valence-corrected chi connectivity index (χ1v) is 8.80. The van der Waals surface area contributed by atoms with Gasteiger partial charge in [-0.1, -0.05) is 13.3 Å². The zero-order valence-corrected chi connectivity index (χ0v) is 14.3. The Bertz CT molecular complexity index is 1000. The quantitative estimate of drug-likeness (QED) is 0.599. The predicted octanol–water partition coefficient (Wildman–Crippen LogP) is 0.977. The van der Waals surface area contributed by atoms with Crippen molar-refractivity contribution in [1.29, 1.82) is 0 Å². The Hall–Kier alpha value is -2.62. The molecule has 0 aliphatic rings. The Morgan fingerprint density at radius 3 is 2.68 bits per heavy atom. The molecule has 0 bridgehead atoms. The van der Waals surface area contributed by atoms with Gasteiger partial charge in [-0.3, -0.25) is 24.3 Å². The molecule has 0 fully saturated rings. The minimum atomic E-state index is -4.93. The van der Waals surface area contributed by atoms with Crippen LogP contribution in [0.2, 0.25) is 0 Å². The Morgan fingerprint density at radius 1 is 1.44 bits per heavy atom. The smallest absolute Gasteiger partial charge is 0.297 e. The average Bonchev–Trinajstić information content (AvgIpc) is 2.52. The van der Waals surface area contributed by atoms with Crippen LogP contribution in [-0.4, -0.2) is 30.3 Å². The van der Waals surface area contributed by atoms with Gasteiger partial charge in [0.05, 0.1) is 10.9 Å². The summed E-state index contributed by atoms with van der Waals surface area (Å²) < 4.78 is 36.3. The van der Waals surface area contributed by atoms with Crippen molar-refractivity contribution < 1.29 is 21.9 Å². The lowest BCUT2D eigenvalue weighted by molar-refractivity contribution is -0.128. The molecule has 2 rings (SSSR count). The van der Waals surface area contributed by atoms with E-state index in [0.29, 0.717) is 12.8 Å². The number of aromatic nitrogens is 2. The molecule has 1 N–H and O–H groups in total. The molecule has 1 atom stereocenters. The molecular formula is C15H16FN3O5S. The van der Waals surface area contributed by atoms with E-state index in [1.54, 1.807) is 0 Å². The maximum atomic E-state index is 13.1. The molecule has 0 saturated heterocycles. The molecule has 10 heteroatoms. The highest BCUT2D eigenvalue weighted by Crippen LogP contribution is 2.20. The average molecular weight is 369 g/mol. The highest BCUT2D eigenvalue weighted by atomic mass is 32.3. The first-order chi connectivity index (χ1) is 11.7. The lowest BCUT2D eigenvalue weighted by Crippen LogP contribution is -2.38. The maximum Gasteiger partial charge on any atom is 0.332 e. The van der Waals surface area contributed by atoms with Gasteiger partial charge in [-0.25, -0.2) is 4.98 Å². The van der Waals surface area contributed by atoms with Gasteiger partial charge < -0.3 is 0 Å². The number of rotatable bonds is 6. The highest BCUT2D eigenvalue weighted by molar-refractivity contribution is 7.86. The third kappa shape index (κ3) is 3.73.